The van der Waals surface area contributed by atoms with Crippen LogP contribution in [0.3, 0.4) is 0 Å². The normalized spacial score (nSPS) is 32.1. The molecule has 1 heterocycles. The summed E-state index contributed by atoms with van der Waals surface area (Å²) in [6.45, 7) is 5.18. The van der Waals surface area contributed by atoms with Gasteiger partial charge in [-0.3, -0.25) is 4.90 Å². The number of alkyl halides is 4. The summed E-state index contributed by atoms with van der Waals surface area (Å²) in [6, 6.07) is 0. The fraction of sp³-hybridized carbons (Fsp3) is 1.00. The van der Waals surface area contributed by atoms with E-state index >= 15 is 0 Å². The van der Waals surface area contributed by atoms with Crippen molar-refractivity contribution >= 4 is 0 Å². The lowest BCUT2D eigenvalue weighted by Crippen LogP contribution is -2.60. The smallest absolute Gasteiger partial charge is 0.332 e. The minimum Gasteiger partial charge on any atom is -0.332 e. The van der Waals surface area contributed by atoms with Crippen molar-refractivity contribution in [2.75, 3.05) is 19.7 Å². The van der Waals surface area contributed by atoms with Crippen molar-refractivity contribution in [1.29, 1.82) is 0 Å². The first-order valence-corrected chi connectivity index (χ1v) is 5.55. The number of rotatable bonds is 4. The monoisotopic (exact) mass is 259 g/mol. The van der Waals surface area contributed by atoms with Crippen LogP contribution in [0.25, 0.3) is 0 Å². The van der Waals surface area contributed by atoms with Gasteiger partial charge in [-0.2, -0.15) is 13.2 Å². The zero-order valence-corrected chi connectivity index (χ0v) is 10.1. The lowest BCUT2D eigenvalue weighted by Gasteiger charge is -2.40. The Labute approximate surface area is 97.7 Å². The van der Waals surface area contributed by atoms with E-state index in [9.17, 15) is 17.6 Å². The molecular formula is C10H17F4NO2. The molecule has 0 aromatic rings. The van der Waals surface area contributed by atoms with E-state index in [-0.39, 0.29) is 19.7 Å². The van der Waals surface area contributed by atoms with Crippen LogP contribution in [0.1, 0.15) is 20.8 Å². The summed E-state index contributed by atoms with van der Waals surface area (Å²) < 4.78 is 61.4. The first-order valence-electron chi connectivity index (χ1n) is 5.55. The summed E-state index contributed by atoms with van der Waals surface area (Å²) in [5.41, 5.74) is 0. The standard InChI is InChI=1S/C10H17F4NO2/c1-4-15(5-2)10(8(11)9(12,13)14)16-6-7(3)17-10/h7-8H,4-6H2,1-3H3. The predicted molar refractivity (Wildman–Crippen MR) is 53.1 cm³/mol. The zero-order valence-electron chi connectivity index (χ0n) is 10.1. The summed E-state index contributed by atoms with van der Waals surface area (Å²) in [4.78, 5) is 1.20. The molecule has 17 heavy (non-hydrogen) atoms. The van der Waals surface area contributed by atoms with E-state index in [2.05, 4.69) is 0 Å². The van der Waals surface area contributed by atoms with Gasteiger partial charge in [-0.15, -0.1) is 0 Å². The van der Waals surface area contributed by atoms with E-state index in [4.69, 9.17) is 9.47 Å². The molecule has 0 amide bonds. The van der Waals surface area contributed by atoms with Gasteiger partial charge < -0.3 is 9.47 Å². The zero-order chi connectivity index (χ0) is 13.3. The summed E-state index contributed by atoms with van der Waals surface area (Å²) >= 11 is 0. The molecule has 0 spiro atoms. The first kappa shape index (κ1) is 14.7. The van der Waals surface area contributed by atoms with Crippen LogP contribution in [-0.4, -0.2) is 49.0 Å². The van der Waals surface area contributed by atoms with Crippen molar-refractivity contribution in [1.82, 2.24) is 4.90 Å². The number of hydrogen-bond acceptors (Lipinski definition) is 3. The maximum atomic E-state index is 13.7. The Morgan fingerprint density at radius 1 is 1.35 bits per heavy atom. The molecule has 3 atom stereocenters. The van der Waals surface area contributed by atoms with Crippen LogP contribution < -0.4 is 0 Å². The van der Waals surface area contributed by atoms with Crippen LogP contribution in [0.15, 0.2) is 0 Å². The quantitative estimate of drug-likeness (QED) is 0.723. The van der Waals surface area contributed by atoms with Crippen LogP contribution in [-0.2, 0) is 9.47 Å². The summed E-state index contributed by atoms with van der Waals surface area (Å²) in [5.74, 6) is -2.33. The summed E-state index contributed by atoms with van der Waals surface area (Å²) in [5, 5.41) is 0. The molecule has 0 aromatic heterocycles. The molecular weight excluding hydrogens is 242 g/mol. The van der Waals surface area contributed by atoms with Gasteiger partial charge in [0.25, 0.3) is 12.1 Å². The highest BCUT2D eigenvalue weighted by Gasteiger charge is 2.62. The second-order valence-electron chi connectivity index (χ2n) is 3.95. The molecule has 0 radical (unpaired) electrons. The molecule has 0 aromatic carbocycles. The van der Waals surface area contributed by atoms with Gasteiger partial charge >= 0.3 is 6.18 Å². The number of nitrogens with zero attached hydrogens (tertiary/aromatic N) is 1. The lowest BCUT2D eigenvalue weighted by atomic mass is 10.2. The van der Waals surface area contributed by atoms with Crippen molar-refractivity contribution in [2.24, 2.45) is 0 Å². The molecule has 0 bridgehead atoms. The Kier molecular flexibility index (Phi) is 4.38. The lowest BCUT2D eigenvalue weighted by molar-refractivity contribution is -0.349. The summed E-state index contributed by atoms with van der Waals surface area (Å²) in [6.07, 6.45) is -8.75. The van der Waals surface area contributed by atoms with Crippen molar-refractivity contribution in [3.8, 4) is 0 Å². The second-order valence-corrected chi connectivity index (χ2v) is 3.95. The minimum absolute atomic E-state index is 0.0486. The molecule has 3 unspecified atom stereocenters. The maximum Gasteiger partial charge on any atom is 0.426 e. The molecule has 1 aliphatic rings. The number of hydrogen-bond donors (Lipinski definition) is 0. The average Bonchev–Trinajstić information content (AvgIpc) is 2.61. The molecule has 1 rings (SSSR count). The third kappa shape index (κ3) is 2.71. The third-order valence-electron chi connectivity index (χ3n) is 2.71. The van der Waals surface area contributed by atoms with Gasteiger partial charge in [-0.05, 0) is 6.92 Å². The molecule has 3 nitrogen and oxygen atoms in total. The van der Waals surface area contributed by atoms with E-state index in [1.807, 2.05) is 0 Å². The van der Waals surface area contributed by atoms with Gasteiger partial charge in [0.05, 0.1) is 12.7 Å². The maximum absolute atomic E-state index is 13.7. The van der Waals surface area contributed by atoms with Crippen molar-refractivity contribution in [3.63, 3.8) is 0 Å². The average molecular weight is 259 g/mol. The molecule has 1 fully saturated rings. The number of halogens is 4. The van der Waals surface area contributed by atoms with E-state index in [1.54, 1.807) is 20.8 Å². The Morgan fingerprint density at radius 2 is 1.88 bits per heavy atom. The highest BCUT2D eigenvalue weighted by atomic mass is 19.4. The minimum atomic E-state index is -5.01. The van der Waals surface area contributed by atoms with Gasteiger partial charge in [0.1, 0.15) is 0 Å². The molecule has 102 valence electrons. The van der Waals surface area contributed by atoms with Crippen LogP contribution in [0.2, 0.25) is 0 Å². The molecule has 1 saturated heterocycles. The van der Waals surface area contributed by atoms with E-state index in [1.165, 1.54) is 4.90 Å². The van der Waals surface area contributed by atoms with E-state index < -0.39 is 24.4 Å². The molecule has 1 aliphatic heterocycles. The first-order chi connectivity index (χ1) is 7.78. The highest BCUT2D eigenvalue weighted by molar-refractivity contribution is 4.89. The van der Waals surface area contributed by atoms with Gasteiger partial charge in [0.15, 0.2) is 0 Å². The highest BCUT2D eigenvalue weighted by Crippen LogP contribution is 2.40. The van der Waals surface area contributed by atoms with Gasteiger partial charge in [-0.1, -0.05) is 13.8 Å². The summed E-state index contributed by atoms with van der Waals surface area (Å²) in [7, 11) is 0. The van der Waals surface area contributed by atoms with Crippen LogP contribution in [0.4, 0.5) is 17.6 Å². The predicted octanol–water partition coefficient (Wildman–Crippen LogP) is 2.32. The Hall–Kier alpha value is -0.400. The Morgan fingerprint density at radius 3 is 2.18 bits per heavy atom. The Bertz CT molecular complexity index is 257. The van der Waals surface area contributed by atoms with Gasteiger partial charge in [0, 0.05) is 13.1 Å². The van der Waals surface area contributed by atoms with Crippen molar-refractivity contribution < 1.29 is 27.0 Å². The van der Waals surface area contributed by atoms with Crippen LogP contribution in [0, 0.1) is 0 Å². The molecule has 0 N–H and O–H groups in total. The van der Waals surface area contributed by atoms with Crippen LogP contribution >= 0.6 is 0 Å². The molecule has 0 aliphatic carbocycles. The third-order valence-corrected chi connectivity index (χ3v) is 2.71. The Balaban J connectivity index is 3.02. The SMILES string of the molecule is CCN(CC)C1(C(F)C(F)(F)F)OCC(C)O1. The topological polar surface area (TPSA) is 21.7 Å². The largest absolute Gasteiger partial charge is 0.426 e. The fourth-order valence-electron chi connectivity index (χ4n) is 1.92. The van der Waals surface area contributed by atoms with Gasteiger partial charge in [-0.25, -0.2) is 4.39 Å². The van der Waals surface area contributed by atoms with Gasteiger partial charge in [0.2, 0.25) is 0 Å². The van der Waals surface area contributed by atoms with Crippen LogP contribution in [0.5, 0.6) is 0 Å². The molecule has 0 saturated carbocycles. The second kappa shape index (κ2) is 5.07. The van der Waals surface area contributed by atoms with E-state index in [0.717, 1.165) is 0 Å². The van der Waals surface area contributed by atoms with Crippen molar-refractivity contribution in [2.45, 2.75) is 45.1 Å². The van der Waals surface area contributed by atoms with Crippen molar-refractivity contribution in [3.05, 3.63) is 0 Å². The fourth-order valence-corrected chi connectivity index (χ4v) is 1.92. The molecule has 7 heteroatoms. The van der Waals surface area contributed by atoms with E-state index in [0.29, 0.717) is 0 Å². The number of ether oxygens (including phenoxy) is 2.